The molecule has 3 aromatic rings. The highest BCUT2D eigenvalue weighted by molar-refractivity contribution is 5.63. The van der Waals surface area contributed by atoms with E-state index < -0.39 is 24.1 Å². The molecule has 0 spiro atoms. The van der Waals surface area contributed by atoms with Crippen LogP contribution in [-0.4, -0.2) is 21.0 Å². The normalized spacial score (nSPS) is 11.3. The van der Waals surface area contributed by atoms with E-state index >= 15 is 0 Å². The van der Waals surface area contributed by atoms with Crippen LogP contribution in [0.15, 0.2) is 30.6 Å². The van der Waals surface area contributed by atoms with Gasteiger partial charge in [0.15, 0.2) is 17.5 Å². The Morgan fingerprint density at radius 3 is 2.68 bits per heavy atom. The second kappa shape index (κ2) is 5.17. The molecule has 0 aliphatic rings. The molecule has 0 unspecified atom stereocenters. The zero-order valence-corrected chi connectivity index (χ0v) is 10.8. The average molecular weight is 312 g/mol. The summed E-state index contributed by atoms with van der Waals surface area (Å²) in [5.41, 5.74) is 5.56. The Hall–Kier alpha value is -2.84. The minimum absolute atomic E-state index is 0.0910. The van der Waals surface area contributed by atoms with E-state index in [2.05, 4.69) is 14.7 Å². The topological polar surface area (TPSA) is 65.4 Å². The van der Waals surface area contributed by atoms with Crippen LogP contribution in [0.25, 0.3) is 17.0 Å². The van der Waals surface area contributed by atoms with Gasteiger partial charge in [-0.2, -0.15) is 8.78 Å². The summed E-state index contributed by atoms with van der Waals surface area (Å²) in [6.07, 6.45) is 2.63. The summed E-state index contributed by atoms with van der Waals surface area (Å²) in [5.74, 6) is -2.43. The van der Waals surface area contributed by atoms with Crippen LogP contribution in [0.5, 0.6) is 5.75 Å². The van der Waals surface area contributed by atoms with Gasteiger partial charge < -0.3 is 10.5 Å². The Morgan fingerprint density at radius 2 is 1.95 bits per heavy atom. The van der Waals surface area contributed by atoms with Gasteiger partial charge in [0, 0.05) is 18.3 Å². The number of rotatable bonds is 3. The van der Waals surface area contributed by atoms with Crippen molar-refractivity contribution in [2.75, 3.05) is 5.73 Å². The van der Waals surface area contributed by atoms with Crippen LogP contribution in [0.3, 0.4) is 0 Å². The summed E-state index contributed by atoms with van der Waals surface area (Å²) >= 11 is 0. The lowest BCUT2D eigenvalue weighted by molar-refractivity contribution is -0.0498. The molecule has 0 saturated heterocycles. The van der Waals surface area contributed by atoms with Crippen molar-refractivity contribution >= 4 is 11.5 Å². The van der Waals surface area contributed by atoms with Crippen molar-refractivity contribution in [2.24, 2.45) is 0 Å². The second-order valence-corrected chi connectivity index (χ2v) is 4.30. The number of ether oxygens (including phenoxy) is 1. The molecule has 9 heteroatoms. The second-order valence-electron chi connectivity index (χ2n) is 4.30. The van der Waals surface area contributed by atoms with Gasteiger partial charge in [0.1, 0.15) is 17.1 Å². The van der Waals surface area contributed by atoms with E-state index in [0.29, 0.717) is 6.07 Å². The molecule has 2 N–H and O–H groups in total. The number of aromatic nitrogens is 3. The van der Waals surface area contributed by atoms with E-state index in [9.17, 15) is 17.6 Å². The smallest absolute Gasteiger partial charge is 0.387 e. The summed E-state index contributed by atoms with van der Waals surface area (Å²) in [5, 5.41) is 0. The maximum absolute atomic E-state index is 13.8. The molecule has 0 aliphatic carbocycles. The molecule has 0 fully saturated rings. The van der Waals surface area contributed by atoms with Gasteiger partial charge >= 0.3 is 6.61 Å². The molecule has 0 aromatic carbocycles. The SMILES string of the molecule is Nc1nc(-c2cnc3cc(OC(F)F)ccn23)c(F)cc1F. The fourth-order valence-electron chi connectivity index (χ4n) is 1.97. The average Bonchev–Trinajstić information content (AvgIpc) is 2.85. The molecular weight excluding hydrogens is 304 g/mol. The molecule has 114 valence electrons. The molecule has 0 bridgehead atoms. The lowest BCUT2D eigenvalue weighted by Crippen LogP contribution is -2.03. The van der Waals surface area contributed by atoms with Gasteiger partial charge in [-0.05, 0) is 6.07 Å². The minimum Gasteiger partial charge on any atom is -0.435 e. The third-order valence-corrected chi connectivity index (χ3v) is 2.91. The molecule has 0 saturated carbocycles. The summed E-state index contributed by atoms with van der Waals surface area (Å²) in [4.78, 5) is 7.60. The van der Waals surface area contributed by atoms with Gasteiger partial charge in [0.05, 0.1) is 11.9 Å². The predicted molar refractivity (Wildman–Crippen MR) is 69.4 cm³/mol. The first-order chi connectivity index (χ1) is 10.5. The van der Waals surface area contributed by atoms with E-state index in [-0.39, 0.29) is 22.8 Å². The van der Waals surface area contributed by atoms with Gasteiger partial charge in [-0.1, -0.05) is 0 Å². The summed E-state index contributed by atoms with van der Waals surface area (Å²) in [6, 6.07) is 3.13. The number of imidazole rings is 1. The van der Waals surface area contributed by atoms with Gasteiger partial charge in [0.2, 0.25) is 0 Å². The minimum atomic E-state index is -2.96. The van der Waals surface area contributed by atoms with Crippen molar-refractivity contribution in [3.8, 4) is 17.1 Å². The Morgan fingerprint density at radius 1 is 1.18 bits per heavy atom. The first-order valence-corrected chi connectivity index (χ1v) is 5.99. The van der Waals surface area contributed by atoms with E-state index in [0.717, 1.165) is 0 Å². The van der Waals surface area contributed by atoms with Crippen molar-refractivity contribution in [2.45, 2.75) is 6.61 Å². The highest BCUT2D eigenvalue weighted by atomic mass is 19.3. The van der Waals surface area contributed by atoms with E-state index in [1.807, 2.05) is 0 Å². The first-order valence-electron chi connectivity index (χ1n) is 5.99. The summed E-state index contributed by atoms with van der Waals surface area (Å²) in [7, 11) is 0. The summed E-state index contributed by atoms with van der Waals surface area (Å²) < 4.78 is 57.0. The lowest BCUT2D eigenvalue weighted by atomic mass is 10.2. The fourth-order valence-corrected chi connectivity index (χ4v) is 1.97. The molecule has 5 nitrogen and oxygen atoms in total. The number of pyridine rings is 2. The van der Waals surface area contributed by atoms with Gasteiger partial charge in [0.25, 0.3) is 0 Å². The highest BCUT2D eigenvalue weighted by Gasteiger charge is 2.16. The van der Waals surface area contributed by atoms with Crippen molar-refractivity contribution in [1.82, 2.24) is 14.4 Å². The largest absolute Gasteiger partial charge is 0.435 e. The molecule has 3 rings (SSSR count). The summed E-state index contributed by atoms with van der Waals surface area (Å²) in [6.45, 7) is -2.96. The van der Waals surface area contributed by atoms with Crippen LogP contribution < -0.4 is 10.5 Å². The van der Waals surface area contributed by atoms with Crippen molar-refractivity contribution in [1.29, 1.82) is 0 Å². The number of anilines is 1. The van der Waals surface area contributed by atoms with Gasteiger partial charge in [-0.15, -0.1) is 0 Å². The molecule has 22 heavy (non-hydrogen) atoms. The zero-order valence-electron chi connectivity index (χ0n) is 10.8. The maximum atomic E-state index is 13.8. The zero-order chi connectivity index (χ0) is 15.9. The maximum Gasteiger partial charge on any atom is 0.387 e. The van der Waals surface area contributed by atoms with E-state index in [1.165, 1.54) is 28.9 Å². The Kier molecular flexibility index (Phi) is 3.32. The standard InChI is InChI=1S/C13H8F4N4O/c14-7-4-8(15)12(18)20-11(7)9-5-19-10-3-6(22-13(16)17)1-2-21(9)10/h1-5,13H,(H2,18,20). The van der Waals surface area contributed by atoms with Crippen LogP contribution in [-0.2, 0) is 0 Å². The molecule has 0 amide bonds. The number of nitrogen functional groups attached to an aromatic ring is 1. The Balaban J connectivity index is 2.11. The van der Waals surface area contributed by atoms with Crippen LogP contribution in [0.4, 0.5) is 23.4 Å². The molecule has 0 atom stereocenters. The molecule has 0 radical (unpaired) electrons. The van der Waals surface area contributed by atoms with Gasteiger partial charge in [-0.25, -0.2) is 18.7 Å². The third-order valence-electron chi connectivity index (χ3n) is 2.91. The number of hydrogen-bond donors (Lipinski definition) is 1. The van der Waals surface area contributed by atoms with E-state index in [4.69, 9.17) is 5.73 Å². The third kappa shape index (κ3) is 2.41. The molecule has 3 aromatic heterocycles. The first kappa shape index (κ1) is 14.1. The quantitative estimate of drug-likeness (QED) is 0.755. The number of halogens is 4. The van der Waals surface area contributed by atoms with Crippen LogP contribution in [0.1, 0.15) is 0 Å². The lowest BCUT2D eigenvalue weighted by Gasteiger charge is -2.07. The monoisotopic (exact) mass is 312 g/mol. The number of fused-ring (bicyclic) bond motifs is 1. The number of nitrogens with zero attached hydrogens (tertiary/aromatic N) is 3. The molecule has 3 heterocycles. The molecule has 0 aliphatic heterocycles. The fraction of sp³-hybridized carbons (Fsp3) is 0.0769. The van der Waals surface area contributed by atoms with Crippen LogP contribution in [0, 0.1) is 11.6 Å². The number of nitrogens with two attached hydrogens (primary N) is 1. The Labute approximate surface area is 121 Å². The number of hydrogen-bond acceptors (Lipinski definition) is 4. The van der Waals surface area contributed by atoms with Crippen molar-refractivity contribution < 1.29 is 22.3 Å². The van der Waals surface area contributed by atoms with Crippen LogP contribution in [0.2, 0.25) is 0 Å². The number of alkyl halides is 2. The van der Waals surface area contributed by atoms with Crippen LogP contribution >= 0.6 is 0 Å². The Bertz CT molecular complexity index is 849. The van der Waals surface area contributed by atoms with Gasteiger partial charge in [-0.3, -0.25) is 4.40 Å². The highest BCUT2D eigenvalue weighted by Crippen LogP contribution is 2.26. The van der Waals surface area contributed by atoms with E-state index in [1.54, 1.807) is 0 Å². The predicted octanol–water partition coefficient (Wildman–Crippen LogP) is 2.86. The van der Waals surface area contributed by atoms with Crippen molar-refractivity contribution in [3.05, 3.63) is 42.2 Å². The molecular formula is C13H8F4N4O. The van der Waals surface area contributed by atoms with Crippen molar-refractivity contribution in [3.63, 3.8) is 0 Å².